The van der Waals surface area contributed by atoms with Gasteiger partial charge in [0.15, 0.2) is 5.78 Å². The number of halogens is 2. The Bertz CT molecular complexity index is 1360. The van der Waals surface area contributed by atoms with Gasteiger partial charge in [-0.2, -0.15) is 5.10 Å². The quantitative estimate of drug-likeness (QED) is 0.350. The van der Waals surface area contributed by atoms with Gasteiger partial charge < -0.3 is 10.4 Å². The third kappa shape index (κ3) is 5.52. The molecular weight excluding hydrogens is 466 g/mol. The van der Waals surface area contributed by atoms with Gasteiger partial charge in [0.1, 0.15) is 29.9 Å². The molecule has 7 nitrogen and oxygen atoms in total. The van der Waals surface area contributed by atoms with Crippen LogP contribution in [-0.4, -0.2) is 38.1 Å². The predicted molar refractivity (Wildman–Crippen MR) is 128 cm³/mol. The number of benzene rings is 3. The van der Waals surface area contributed by atoms with Crippen molar-refractivity contribution in [3.63, 3.8) is 0 Å². The van der Waals surface area contributed by atoms with Crippen LogP contribution >= 0.6 is 0 Å². The van der Waals surface area contributed by atoms with E-state index in [1.165, 1.54) is 17.3 Å². The molecule has 4 rings (SSSR count). The highest BCUT2D eigenvalue weighted by atomic mass is 19.1. The van der Waals surface area contributed by atoms with Gasteiger partial charge in [-0.05, 0) is 24.6 Å². The molecule has 2 N–H and O–H groups in total. The Labute approximate surface area is 206 Å². The molecule has 1 amide bonds. The fourth-order valence-electron chi connectivity index (χ4n) is 3.93. The molecule has 0 saturated heterocycles. The smallest absolute Gasteiger partial charge is 0.227 e. The second-order valence-corrected chi connectivity index (χ2v) is 8.51. The molecule has 0 bridgehead atoms. The first-order valence-corrected chi connectivity index (χ1v) is 11.2. The van der Waals surface area contributed by atoms with Crippen LogP contribution < -0.4 is 5.32 Å². The Hall–Kier alpha value is -4.24. The van der Waals surface area contributed by atoms with Gasteiger partial charge in [-0.25, -0.2) is 18.4 Å². The van der Waals surface area contributed by atoms with Crippen LogP contribution in [-0.2, 0) is 16.9 Å². The van der Waals surface area contributed by atoms with Crippen molar-refractivity contribution in [3.05, 3.63) is 119 Å². The lowest BCUT2D eigenvalue weighted by atomic mass is 9.91. The van der Waals surface area contributed by atoms with Crippen LogP contribution in [0, 0.1) is 11.6 Å². The van der Waals surface area contributed by atoms with Crippen LogP contribution in [0.4, 0.5) is 8.78 Å². The molecule has 0 spiro atoms. The monoisotopic (exact) mass is 490 g/mol. The van der Waals surface area contributed by atoms with Crippen LogP contribution in [0.5, 0.6) is 0 Å². The highest BCUT2D eigenvalue weighted by Crippen LogP contribution is 2.27. The molecule has 1 aromatic heterocycles. The number of ketones is 1. The van der Waals surface area contributed by atoms with E-state index in [1.807, 2.05) is 6.07 Å². The van der Waals surface area contributed by atoms with E-state index < -0.39 is 29.1 Å². The fourth-order valence-corrected chi connectivity index (χ4v) is 3.93. The van der Waals surface area contributed by atoms with Gasteiger partial charge in [-0.1, -0.05) is 54.6 Å². The average Bonchev–Trinajstić information content (AvgIpc) is 3.39. The third-order valence-corrected chi connectivity index (χ3v) is 5.96. The van der Waals surface area contributed by atoms with E-state index in [9.17, 15) is 23.5 Å². The molecule has 4 aromatic rings. The van der Waals surface area contributed by atoms with E-state index in [0.717, 1.165) is 12.1 Å². The van der Waals surface area contributed by atoms with Gasteiger partial charge in [0.05, 0.1) is 19.0 Å². The summed E-state index contributed by atoms with van der Waals surface area (Å²) in [4.78, 5) is 29.6. The molecule has 0 aliphatic carbocycles. The molecule has 2 atom stereocenters. The summed E-state index contributed by atoms with van der Waals surface area (Å²) in [6, 6.07) is 18.4. The van der Waals surface area contributed by atoms with E-state index in [4.69, 9.17) is 0 Å². The Balaban J connectivity index is 1.52. The Kier molecular flexibility index (Phi) is 7.30. The minimum Gasteiger partial charge on any atom is -0.381 e. The molecule has 3 aromatic carbocycles. The average molecular weight is 491 g/mol. The van der Waals surface area contributed by atoms with Crippen molar-refractivity contribution in [2.45, 2.75) is 25.0 Å². The number of carbonyl (C=O) groups excluding carboxylic acids is 2. The normalized spacial score (nSPS) is 13.6. The van der Waals surface area contributed by atoms with E-state index >= 15 is 0 Å². The first-order valence-electron chi connectivity index (χ1n) is 11.2. The van der Waals surface area contributed by atoms with Gasteiger partial charge in [0.2, 0.25) is 5.91 Å². The molecule has 184 valence electrons. The standard InChI is InChI=1S/C27H24F2N4O3/c1-18(20-8-5-9-21(12-20)25(34)19-6-3-2-4-7-19)26(35)31-14-27(36,15-33-17-30-16-32-33)23-11-10-22(28)13-24(23)29/h2-13,16-18,36H,14-15H2,1H3,(H,31,35)/t18-,27-/m0/s1. The van der Waals surface area contributed by atoms with E-state index in [1.54, 1.807) is 55.5 Å². The van der Waals surface area contributed by atoms with Crippen molar-refractivity contribution < 1.29 is 23.5 Å². The topological polar surface area (TPSA) is 97.1 Å². The third-order valence-electron chi connectivity index (χ3n) is 5.96. The Morgan fingerprint density at radius 1 is 1.03 bits per heavy atom. The van der Waals surface area contributed by atoms with Crippen molar-refractivity contribution in [2.24, 2.45) is 0 Å². The van der Waals surface area contributed by atoms with Crippen LogP contribution in [0.1, 0.15) is 39.9 Å². The lowest BCUT2D eigenvalue weighted by Gasteiger charge is -2.29. The number of amides is 1. The molecule has 0 fully saturated rings. The van der Waals surface area contributed by atoms with Crippen molar-refractivity contribution in [3.8, 4) is 0 Å². The fraction of sp³-hybridized carbons (Fsp3) is 0.185. The second-order valence-electron chi connectivity index (χ2n) is 8.51. The highest BCUT2D eigenvalue weighted by molar-refractivity contribution is 6.09. The van der Waals surface area contributed by atoms with Crippen molar-refractivity contribution >= 4 is 11.7 Å². The molecular formula is C27H24F2N4O3. The molecule has 0 aliphatic heterocycles. The zero-order chi connectivity index (χ0) is 25.7. The summed E-state index contributed by atoms with van der Waals surface area (Å²) in [7, 11) is 0. The Morgan fingerprint density at radius 2 is 1.78 bits per heavy atom. The maximum Gasteiger partial charge on any atom is 0.227 e. The lowest BCUT2D eigenvalue weighted by Crippen LogP contribution is -2.45. The minimum absolute atomic E-state index is 0.168. The number of aliphatic hydroxyl groups is 1. The van der Waals surface area contributed by atoms with Gasteiger partial charge in [0, 0.05) is 22.8 Å². The summed E-state index contributed by atoms with van der Waals surface area (Å²) in [6.07, 6.45) is 2.60. The molecule has 0 unspecified atom stereocenters. The van der Waals surface area contributed by atoms with Crippen LogP contribution in [0.3, 0.4) is 0 Å². The maximum atomic E-state index is 14.6. The molecule has 0 aliphatic rings. The zero-order valence-electron chi connectivity index (χ0n) is 19.4. The van der Waals surface area contributed by atoms with Gasteiger partial charge in [-0.15, -0.1) is 0 Å². The molecule has 1 heterocycles. The Morgan fingerprint density at radius 3 is 2.47 bits per heavy atom. The van der Waals surface area contributed by atoms with E-state index in [2.05, 4.69) is 15.4 Å². The number of rotatable bonds is 9. The molecule has 0 radical (unpaired) electrons. The first-order chi connectivity index (χ1) is 17.3. The minimum atomic E-state index is -1.94. The zero-order valence-corrected chi connectivity index (χ0v) is 19.4. The molecule has 0 saturated carbocycles. The number of nitrogens with zero attached hydrogens (tertiary/aromatic N) is 3. The summed E-state index contributed by atoms with van der Waals surface area (Å²) in [5, 5.41) is 18.0. The van der Waals surface area contributed by atoms with Gasteiger partial charge in [-0.3, -0.25) is 9.59 Å². The second kappa shape index (κ2) is 10.6. The van der Waals surface area contributed by atoms with Crippen molar-refractivity contribution in [1.29, 1.82) is 0 Å². The van der Waals surface area contributed by atoms with Gasteiger partial charge >= 0.3 is 0 Å². The summed E-state index contributed by atoms with van der Waals surface area (Å²) >= 11 is 0. The number of hydrogen-bond acceptors (Lipinski definition) is 5. The summed E-state index contributed by atoms with van der Waals surface area (Å²) in [5.41, 5.74) is -0.558. The summed E-state index contributed by atoms with van der Waals surface area (Å²) in [6.45, 7) is 1.06. The lowest BCUT2D eigenvalue weighted by molar-refractivity contribution is -0.123. The van der Waals surface area contributed by atoms with E-state index in [0.29, 0.717) is 22.8 Å². The highest BCUT2D eigenvalue weighted by Gasteiger charge is 2.34. The van der Waals surface area contributed by atoms with Crippen LogP contribution in [0.2, 0.25) is 0 Å². The van der Waals surface area contributed by atoms with Crippen LogP contribution in [0.15, 0.2) is 85.5 Å². The summed E-state index contributed by atoms with van der Waals surface area (Å²) < 4.78 is 29.4. The van der Waals surface area contributed by atoms with E-state index in [-0.39, 0.29) is 24.4 Å². The predicted octanol–water partition coefficient (Wildman–Crippen LogP) is 3.60. The number of aromatic nitrogens is 3. The van der Waals surface area contributed by atoms with Gasteiger partial charge in [0.25, 0.3) is 0 Å². The van der Waals surface area contributed by atoms with Crippen molar-refractivity contribution in [1.82, 2.24) is 20.1 Å². The summed E-state index contributed by atoms with van der Waals surface area (Å²) in [5.74, 6) is -3.03. The number of hydrogen-bond donors (Lipinski definition) is 2. The van der Waals surface area contributed by atoms with Crippen LogP contribution in [0.25, 0.3) is 0 Å². The molecule has 9 heteroatoms. The number of nitrogens with one attached hydrogen (secondary N) is 1. The SMILES string of the molecule is C[C@H](C(=O)NC[C@](O)(Cn1cncn1)c1ccc(F)cc1F)c1cccc(C(=O)c2ccccc2)c1. The largest absolute Gasteiger partial charge is 0.381 e. The molecule has 36 heavy (non-hydrogen) atoms. The first kappa shape index (κ1) is 24.9. The number of carbonyl (C=O) groups is 2. The van der Waals surface area contributed by atoms with Crippen molar-refractivity contribution in [2.75, 3.05) is 6.54 Å². The maximum absolute atomic E-state index is 14.6.